The molecular formula is C27H26Cl2N4O5S. The molecule has 2 aliphatic rings. The van der Waals surface area contributed by atoms with Gasteiger partial charge < -0.3 is 15.0 Å². The Kier molecular flexibility index (Phi) is 7.13. The Morgan fingerprint density at radius 3 is 2.44 bits per heavy atom. The molecule has 1 saturated carbocycles. The van der Waals surface area contributed by atoms with E-state index in [0.29, 0.717) is 34.9 Å². The van der Waals surface area contributed by atoms with Crippen molar-refractivity contribution >= 4 is 56.7 Å². The van der Waals surface area contributed by atoms with Gasteiger partial charge in [-0.1, -0.05) is 53.5 Å². The molecule has 0 aromatic heterocycles. The minimum absolute atomic E-state index is 0.0922. The van der Waals surface area contributed by atoms with Gasteiger partial charge in [-0.3, -0.25) is 9.10 Å². The molecule has 1 unspecified atom stereocenters. The van der Waals surface area contributed by atoms with Crippen LogP contribution < -0.4 is 24.0 Å². The molecule has 1 aliphatic carbocycles. The van der Waals surface area contributed by atoms with Gasteiger partial charge in [-0.2, -0.15) is 8.42 Å². The summed E-state index contributed by atoms with van der Waals surface area (Å²) in [6.07, 6.45) is 0.698. The second-order valence-corrected chi connectivity index (χ2v) is 11.9. The number of methoxy groups -OCH3 is 1. The number of ether oxygens (including phenoxy) is 1. The van der Waals surface area contributed by atoms with Crippen LogP contribution in [0, 0.1) is 0 Å². The molecule has 1 heterocycles. The predicted octanol–water partition coefficient (Wildman–Crippen LogP) is 4.50. The largest absolute Gasteiger partial charge is 0.497 e. The van der Waals surface area contributed by atoms with Gasteiger partial charge in [-0.25, -0.2) is 9.52 Å². The zero-order valence-corrected chi connectivity index (χ0v) is 23.5. The molecule has 5 rings (SSSR count). The van der Waals surface area contributed by atoms with Crippen LogP contribution in [-0.4, -0.2) is 46.6 Å². The average Bonchev–Trinajstić information content (AvgIpc) is 3.46. The third-order valence-corrected chi connectivity index (χ3v) is 8.99. The number of carbonyl (C=O) groups is 2. The van der Waals surface area contributed by atoms with Gasteiger partial charge in [-0.05, 0) is 60.4 Å². The van der Waals surface area contributed by atoms with Gasteiger partial charge in [-0.15, -0.1) is 0 Å². The second kappa shape index (κ2) is 10.3. The smallest absolute Gasteiger partial charge is 0.330 e. The lowest BCUT2D eigenvalue weighted by molar-refractivity contribution is -0.121. The van der Waals surface area contributed by atoms with Crippen LogP contribution in [0.4, 0.5) is 16.2 Å². The lowest BCUT2D eigenvalue weighted by Crippen LogP contribution is -2.56. The molecule has 3 aromatic carbocycles. The van der Waals surface area contributed by atoms with Gasteiger partial charge in [0.2, 0.25) is 0 Å². The van der Waals surface area contributed by atoms with E-state index in [2.05, 4.69) is 10.0 Å². The first-order chi connectivity index (χ1) is 18.6. The van der Waals surface area contributed by atoms with E-state index in [4.69, 9.17) is 27.9 Å². The summed E-state index contributed by atoms with van der Waals surface area (Å²) >= 11 is 12.4. The lowest BCUT2D eigenvalue weighted by atomic mass is 10.0. The maximum atomic E-state index is 13.8. The Morgan fingerprint density at radius 2 is 1.77 bits per heavy atom. The number of carbonyl (C=O) groups excluding carboxylic acids is 2. The van der Waals surface area contributed by atoms with Gasteiger partial charge in [0.15, 0.2) is 0 Å². The fraction of sp³-hybridized carbons (Fsp3) is 0.259. The summed E-state index contributed by atoms with van der Waals surface area (Å²) in [6.45, 7) is 0.0922. The molecule has 2 atom stereocenters. The van der Waals surface area contributed by atoms with E-state index in [9.17, 15) is 18.0 Å². The zero-order valence-electron chi connectivity index (χ0n) is 21.1. The Hall–Kier alpha value is -3.47. The first kappa shape index (κ1) is 27.1. The van der Waals surface area contributed by atoms with Crippen molar-refractivity contribution in [3.63, 3.8) is 0 Å². The highest BCUT2D eigenvalue weighted by Crippen LogP contribution is 2.53. The quantitative estimate of drug-likeness (QED) is 0.422. The molecule has 0 radical (unpaired) electrons. The van der Waals surface area contributed by atoms with E-state index in [1.807, 2.05) is 30.3 Å². The number of urea groups is 1. The number of hydrogen-bond acceptors (Lipinski definition) is 5. The SMILES string of the molecule is COc1ccc(N(C)C(=O)[C@]2(NC(=O)NS(=O)(=O)N3CCc4cc(Cl)cc(Cl)c43)CC2c2ccccc2)cc1. The van der Waals surface area contributed by atoms with E-state index < -0.39 is 21.8 Å². The van der Waals surface area contributed by atoms with E-state index in [0.717, 1.165) is 9.87 Å². The fourth-order valence-corrected chi connectivity index (χ4v) is 6.94. The van der Waals surface area contributed by atoms with Crippen LogP contribution in [-0.2, 0) is 21.4 Å². The number of amides is 3. The number of halogens is 2. The van der Waals surface area contributed by atoms with Crippen LogP contribution in [0.15, 0.2) is 66.7 Å². The average molecular weight is 590 g/mol. The molecule has 2 N–H and O–H groups in total. The van der Waals surface area contributed by atoms with E-state index in [1.165, 1.54) is 11.0 Å². The van der Waals surface area contributed by atoms with E-state index >= 15 is 0 Å². The molecule has 0 bridgehead atoms. The standard InChI is InChI=1S/C27H26Cl2N4O5S/c1-32(20-8-10-21(38-2)11-9-20)25(34)27(16-22(27)17-6-4-3-5-7-17)30-26(35)31-39(36,37)33-13-12-18-14-19(28)15-23(29)24(18)33/h3-11,14-15,22H,12-13,16H2,1-2H3,(H2,30,31,35)/t22?,27-/m0/s1. The van der Waals surface area contributed by atoms with Crippen LogP contribution in [0.2, 0.25) is 10.0 Å². The Balaban J connectivity index is 1.39. The minimum Gasteiger partial charge on any atom is -0.497 e. The number of anilines is 2. The third kappa shape index (κ3) is 5.11. The molecule has 1 fully saturated rings. The summed E-state index contributed by atoms with van der Waals surface area (Å²) in [7, 11) is -1.18. The van der Waals surface area contributed by atoms with Crippen molar-refractivity contribution < 1.29 is 22.7 Å². The van der Waals surface area contributed by atoms with Crippen LogP contribution in [0.25, 0.3) is 0 Å². The second-order valence-electron chi connectivity index (χ2n) is 9.48. The maximum Gasteiger partial charge on any atom is 0.330 e. The number of nitrogens with one attached hydrogen (secondary N) is 2. The molecule has 0 saturated heterocycles. The monoisotopic (exact) mass is 588 g/mol. The first-order valence-corrected chi connectivity index (χ1v) is 14.3. The molecule has 3 aromatic rings. The van der Waals surface area contributed by atoms with Crippen molar-refractivity contribution in [1.29, 1.82) is 0 Å². The van der Waals surface area contributed by atoms with Gasteiger partial charge in [0, 0.05) is 30.2 Å². The topological polar surface area (TPSA) is 108 Å². The van der Waals surface area contributed by atoms with Crippen molar-refractivity contribution in [2.75, 3.05) is 29.9 Å². The normalized spacial score (nSPS) is 19.7. The number of nitrogens with zero attached hydrogens (tertiary/aromatic N) is 2. The van der Waals surface area contributed by atoms with Gasteiger partial charge in [0.05, 0.1) is 17.8 Å². The zero-order chi connectivity index (χ0) is 27.9. The van der Waals surface area contributed by atoms with Crippen molar-refractivity contribution in [3.8, 4) is 5.75 Å². The van der Waals surface area contributed by atoms with Gasteiger partial charge in [0.25, 0.3) is 5.91 Å². The highest BCUT2D eigenvalue weighted by atomic mass is 35.5. The van der Waals surface area contributed by atoms with E-state index in [-0.39, 0.29) is 29.1 Å². The number of rotatable bonds is 7. The van der Waals surface area contributed by atoms with Crippen molar-refractivity contribution in [2.24, 2.45) is 0 Å². The third-order valence-electron chi connectivity index (χ3n) is 7.10. The summed E-state index contributed by atoms with van der Waals surface area (Å²) in [5, 5.41) is 3.25. The predicted molar refractivity (Wildman–Crippen MR) is 151 cm³/mol. The summed E-state index contributed by atoms with van der Waals surface area (Å²) in [5.74, 6) is -0.0841. The summed E-state index contributed by atoms with van der Waals surface area (Å²) in [6, 6.07) is 18.3. The maximum absolute atomic E-state index is 13.8. The Labute approximate surface area is 236 Å². The molecule has 204 valence electrons. The molecule has 0 spiro atoms. The molecule has 1 aliphatic heterocycles. The number of hydrogen-bond donors (Lipinski definition) is 2. The molecule has 39 heavy (non-hydrogen) atoms. The summed E-state index contributed by atoms with van der Waals surface area (Å²) in [5.41, 5.74) is 1.05. The number of fused-ring (bicyclic) bond motifs is 1. The van der Waals surface area contributed by atoms with Crippen molar-refractivity contribution in [2.45, 2.75) is 24.3 Å². The molecule has 3 amide bonds. The Bertz CT molecular complexity index is 1540. The minimum atomic E-state index is -4.34. The Morgan fingerprint density at radius 1 is 1.08 bits per heavy atom. The van der Waals surface area contributed by atoms with Crippen molar-refractivity contribution in [3.05, 3.63) is 87.9 Å². The number of likely N-dealkylation sites (N-methyl/N-ethyl adjacent to an activating group) is 1. The molecular weight excluding hydrogens is 563 g/mol. The lowest BCUT2D eigenvalue weighted by Gasteiger charge is -2.27. The van der Waals surface area contributed by atoms with Crippen LogP contribution in [0.3, 0.4) is 0 Å². The van der Waals surface area contributed by atoms with Crippen LogP contribution in [0.1, 0.15) is 23.5 Å². The molecule has 12 heteroatoms. The highest BCUT2D eigenvalue weighted by molar-refractivity contribution is 7.91. The van der Waals surface area contributed by atoms with Gasteiger partial charge >= 0.3 is 16.2 Å². The van der Waals surface area contributed by atoms with E-state index in [1.54, 1.807) is 44.5 Å². The van der Waals surface area contributed by atoms with Gasteiger partial charge in [0.1, 0.15) is 11.3 Å². The van der Waals surface area contributed by atoms with Crippen LogP contribution in [0.5, 0.6) is 5.75 Å². The van der Waals surface area contributed by atoms with Crippen molar-refractivity contribution in [1.82, 2.24) is 10.0 Å². The fourth-order valence-electron chi connectivity index (χ4n) is 5.06. The first-order valence-electron chi connectivity index (χ1n) is 12.1. The summed E-state index contributed by atoms with van der Waals surface area (Å²) in [4.78, 5) is 28.4. The summed E-state index contributed by atoms with van der Waals surface area (Å²) < 4.78 is 34.8. The molecule has 9 nitrogen and oxygen atoms in total. The van der Waals surface area contributed by atoms with Crippen LogP contribution >= 0.6 is 23.2 Å². The number of benzene rings is 3. The highest BCUT2D eigenvalue weighted by Gasteiger charge is 2.63.